The van der Waals surface area contributed by atoms with E-state index >= 15 is 0 Å². The molecule has 0 unspecified atom stereocenters. The van der Waals surface area contributed by atoms with Gasteiger partial charge in [0.25, 0.3) is 0 Å². The van der Waals surface area contributed by atoms with Crippen LogP contribution in [0.15, 0.2) is 60.0 Å². The summed E-state index contributed by atoms with van der Waals surface area (Å²) in [6, 6.07) is 12.8. The van der Waals surface area contributed by atoms with Gasteiger partial charge in [0.05, 0.1) is 0 Å². The fourth-order valence-electron chi connectivity index (χ4n) is 2.15. The number of rotatable bonds is 6. The second kappa shape index (κ2) is 9.07. The average molecular weight is 397 g/mol. The lowest BCUT2D eigenvalue weighted by atomic mass is 10.0. The van der Waals surface area contributed by atoms with Crippen molar-refractivity contribution < 1.29 is 25.5 Å². The zero-order valence-corrected chi connectivity index (χ0v) is 15.0. The summed E-state index contributed by atoms with van der Waals surface area (Å²) in [5.41, 5.74) is 1.07. The van der Waals surface area contributed by atoms with Gasteiger partial charge in [-0.1, -0.05) is 47.5 Å². The maximum Gasteiger partial charge on any atom is 0.140 e. The van der Waals surface area contributed by atoms with Gasteiger partial charge in [-0.2, -0.15) is 0 Å². The number of aliphatic hydroxyl groups is 5. The lowest BCUT2D eigenvalue weighted by molar-refractivity contribution is -0.0540. The Balaban J connectivity index is 2.11. The van der Waals surface area contributed by atoms with Crippen molar-refractivity contribution in [3.8, 4) is 0 Å². The van der Waals surface area contributed by atoms with Crippen molar-refractivity contribution in [3.63, 3.8) is 0 Å². The molecule has 2 rings (SSSR count). The molecule has 7 heteroatoms. The lowest BCUT2D eigenvalue weighted by Gasteiger charge is -2.22. The predicted molar refractivity (Wildman–Crippen MR) is 102 cm³/mol. The monoisotopic (exact) mass is 396 g/mol. The van der Waals surface area contributed by atoms with E-state index in [0.717, 1.165) is 0 Å². The van der Waals surface area contributed by atoms with Gasteiger partial charge in [0.2, 0.25) is 0 Å². The highest BCUT2D eigenvalue weighted by molar-refractivity contribution is 6.30. The summed E-state index contributed by atoms with van der Waals surface area (Å²) in [5.74, 6) is -1.14. The Bertz CT molecular complexity index is 717. The summed E-state index contributed by atoms with van der Waals surface area (Å²) < 4.78 is 0. The van der Waals surface area contributed by atoms with Crippen LogP contribution >= 0.6 is 23.2 Å². The zero-order valence-electron chi connectivity index (χ0n) is 13.5. The van der Waals surface area contributed by atoms with E-state index in [2.05, 4.69) is 0 Å². The van der Waals surface area contributed by atoms with Crippen molar-refractivity contribution in [1.29, 1.82) is 0 Å². The molecule has 0 aromatic heterocycles. The van der Waals surface area contributed by atoms with Crippen molar-refractivity contribution in [1.82, 2.24) is 0 Å². The Morgan fingerprint density at radius 2 is 0.962 bits per heavy atom. The Morgan fingerprint density at radius 3 is 1.27 bits per heavy atom. The van der Waals surface area contributed by atoms with Crippen LogP contribution in [0.1, 0.15) is 11.1 Å². The molecule has 0 fully saturated rings. The van der Waals surface area contributed by atoms with Crippen molar-refractivity contribution in [2.45, 2.75) is 18.3 Å². The van der Waals surface area contributed by atoms with E-state index in [1.807, 2.05) is 0 Å². The van der Waals surface area contributed by atoms with E-state index in [9.17, 15) is 25.5 Å². The first-order chi connectivity index (χ1) is 12.3. The summed E-state index contributed by atoms with van der Waals surface area (Å²) >= 11 is 11.5. The van der Waals surface area contributed by atoms with Crippen LogP contribution in [-0.4, -0.2) is 43.8 Å². The zero-order chi connectivity index (χ0) is 19.3. The molecule has 2 aromatic carbocycles. The predicted octanol–water partition coefficient (Wildman–Crippen LogP) is 3.57. The van der Waals surface area contributed by atoms with Crippen LogP contribution in [0, 0.1) is 0 Å². The highest BCUT2D eigenvalue weighted by atomic mass is 35.5. The molecule has 0 amide bonds. The van der Waals surface area contributed by atoms with Crippen LogP contribution in [0.3, 0.4) is 0 Å². The second-order valence-corrected chi connectivity index (χ2v) is 6.49. The third-order valence-electron chi connectivity index (χ3n) is 3.62. The maximum atomic E-state index is 10.0. The summed E-state index contributed by atoms with van der Waals surface area (Å²) in [6.07, 6.45) is -3.02. The molecule has 0 saturated carbocycles. The highest BCUT2D eigenvalue weighted by Gasteiger charge is 2.30. The summed E-state index contributed by atoms with van der Waals surface area (Å²) in [6.45, 7) is 0. The smallest absolute Gasteiger partial charge is 0.140 e. The Kier molecular flexibility index (Phi) is 7.08. The van der Waals surface area contributed by atoms with Crippen LogP contribution in [-0.2, 0) is 0 Å². The molecule has 3 atom stereocenters. The quantitative estimate of drug-likeness (QED) is 0.480. The van der Waals surface area contributed by atoms with E-state index in [4.69, 9.17) is 23.2 Å². The number of halogens is 2. The summed E-state index contributed by atoms with van der Waals surface area (Å²) in [5, 5.41) is 51.0. The topological polar surface area (TPSA) is 101 Å². The van der Waals surface area contributed by atoms with Gasteiger partial charge in [-0.15, -0.1) is 0 Å². The van der Waals surface area contributed by atoms with Gasteiger partial charge in [0.1, 0.15) is 29.8 Å². The van der Waals surface area contributed by atoms with E-state index < -0.39 is 29.8 Å². The fourth-order valence-corrected chi connectivity index (χ4v) is 2.40. The Morgan fingerprint density at radius 1 is 0.654 bits per heavy atom. The SMILES string of the molecule is OC(=Cc1ccc(Cl)cc1)[C@@H](O)[C@H](O)[C@@H](O)C(O)=Cc1ccc(Cl)cc1. The minimum absolute atomic E-state index is 0.509. The number of aliphatic hydroxyl groups excluding tert-OH is 5. The average Bonchev–Trinajstić information content (AvgIpc) is 2.63. The molecule has 26 heavy (non-hydrogen) atoms. The van der Waals surface area contributed by atoms with Gasteiger partial charge >= 0.3 is 0 Å². The molecule has 0 aliphatic rings. The molecule has 0 aliphatic carbocycles. The minimum atomic E-state index is -1.85. The molecule has 0 saturated heterocycles. The Hall–Kier alpha value is -2.02. The summed E-state index contributed by atoms with van der Waals surface area (Å²) in [7, 11) is 0. The van der Waals surface area contributed by atoms with Gasteiger partial charge in [0, 0.05) is 10.0 Å². The van der Waals surface area contributed by atoms with Gasteiger partial charge in [0.15, 0.2) is 0 Å². The molecule has 0 radical (unpaired) electrons. The van der Waals surface area contributed by atoms with Crippen molar-refractivity contribution >= 4 is 35.4 Å². The third kappa shape index (κ3) is 5.49. The van der Waals surface area contributed by atoms with Crippen molar-refractivity contribution in [2.24, 2.45) is 0 Å². The molecule has 0 heterocycles. The first-order valence-electron chi connectivity index (χ1n) is 7.64. The fraction of sp³-hybridized carbons (Fsp3) is 0.158. The molecule has 0 spiro atoms. The van der Waals surface area contributed by atoms with Crippen molar-refractivity contribution in [2.75, 3.05) is 0 Å². The van der Waals surface area contributed by atoms with E-state index in [0.29, 0.717) is 21.2 Å². The van der Waals surface area contributed by atoms with Gasteiger partial charge in [-0.3, -0.25) is 0 Å². The molecule has 0 aliphatic heterocycles. The second-order valence-electron chi connectivity index (χ2n) is 5.62. The Labute approximate surface area is 160 Å². The first-order valence-corrected chi connectivity index (χ1v) is 8.40. The molecule has 5 N–H and O–H groups in total. The van der Waals surface area contributed by atoms with E-state index in [1.54, 1.807) is 48.5 Å². The maximum absolute atomic E-state index is 10.0. The number of hydrogen-bond donors (Lipinski definition) is 5. The van der Waals surface area contributed by atoms with Crippen LogP contribution < -0.4 is 0 Å². The normalized spacial score (nSPS) is 16.2. The molecule has 0 bridgehead atoms. The summed E-state index contributed by atoms with van der Waals surface area (Å²) in [4.78, 5) is 0. The van der Waals surface area contributed by atoms with Crippen molar-refractivity contribution in [3.05, 3.63) is 81.2 Å². The third-order valence-corrected chi connectivity index (χ3v) is 4.13. The number of hydrogen-bond acceptors (Lipinski definition) is 5. The van der Waals surface area contributed by atoms with Crippen LogP contribution in [0.4, 0.5) is 0 Å². The first kappa shape index (κ1) is 20.3. The van der Waals surface area contributed by atoms with Gasteiger partial charge in [-0.05, 0) is 47.5 Å². The van der Waals surface area contributed by atoms with Gasteiger partial charge < -0.3 is 25.5 Å². The molecular weight excluding hydrogens is 379 g/mol. The molecule has 2 aromatic rings. The molecule has 5 nitrogen and oxygen atoms in total. The highest BCUT2D eigenvalue weighted by Crippen LogP contribution is 2.19. The largest absolute Gasteiger partial charge is 0.509 e. The van der Waals surface area contributed by atoms with Crippen LogP contribution in [0.25, 0.3) is 12.2 Å². The van der Waals surface area contributed by atoms with E-state index in [-0.39, 0.29) is 0 Å². The standard InChI is InChI=1S/C19H18Cl2O5/c20-13-5-1-11(2-6-13)9-15(22)17(24)19(26)18(25)16(23)10-12-3-7-14(21)8-4-12/h1-10,17-19,22-26H/t17-,18+,19+. The molecular formula is C19H18Cl2O5. The lowest BCUT2D eigenvalue weighted by Crippen LogP contribution is -2.39. The van der Waals surface area contributed by atoms with Crippen LogP contribution in [0.5, 0.6) is 0 Å². The van der Waals surface area contributed by atoms with Gasteiger partial charge in [-0.25, -0.2) is 0 Å². The molecule has 138 valence electrons. The number of benzene rings is 2. The minimum Gasteiger partial charge on any atom is -0.509 e. The van der Waals surface area contributed by atoms with Crippen LogP contribution in [0.2, 0.25) is 10.0 Å². The van der Waals surface area contributed by atoms with E-state index in [1.165, 1.54) is 12.2 Å².